The predicted molar refractivity (Wildman–Crippen MR) is 78.7 cm³/mol. The molecule has 0 unspecified atom stereocenters. The molecule has 0 atom stereocenters. The van der Waals surface area contributed by atoms with Gasteiger partial charge in [-0.2, -0.15) is 0 Å². The van der Waals surface area contributed by atoms with Crippen LogP contribution in [-0.4, -0.2) is 44.5 Å². The molecule has 1 aromatic heterocycles. The lowest BCUT2D eigenvalue weighted by molar-refractivity contribution is 0.162. The van der Waals surface area contributed by atoms with E-state index >= 15 is 0 Å². The Balaban J connectivity index is 2.15. The van der Waals surface area contributed by atoms with E-state index in [-0.39, 0.29) is 16.3 Å². The van der Waals surface area contributed by atoms with Crippen LogP contribution in [0.15, 0.2) is 23.4 Å². The van der Waals surface area contributed by atoms with Crippen LogP contribution in [-0.2, 0) is 10.0 Å². The third kappa shape index (κ3) is 2.94. The van der Waals surface area contributed by atoms with Crippen LogP contribution in [0.1, 0.15) is 25.7 Å². The van der Waals surface area contributed by atoms with Crippen LogP contribution in [0.3, 0.4) is 0 Å². The molecule has 20 heavy (non-hydrogen) atoms. The van der Waals surface area contributed by atoms with Crippen molar-refractivity contribution >= 4 is 15.7 Å². The molecule has 112 valence electrons. The molecule has 3 N–H and O–H groups in total. The van der Waals surface area contributed by atoms with Crippen molar-refractivity contribution in [2.45, 2.75) is 36.2 Å². The minimum Gasteiger partial charge on any atom is -0.396 e. The Bertz CT molecular complexity index is 565. The number of nitrogens with one attached hydrogen (secondary N) is 1. The van der Waals surface area contributed by atoms with Gasteiger partial charge >= 0.3 is 0 Å². The second-order valence-corrected chi connectivity index (χ2v) is 7.23. The first-order valence-electron chi connectivity index (χ1n) is 6.75. The zero-order valence-electron chi connectivity index (χ0n) is 12.0. The Morgan fingerprint density at radius 1 is 1.40 bits per heavy atom. The van der Waals surface area contributed by atoms with E-state index in [1.807, 2.05) is 14.1 Å². The van der Waals surface area contributed by atoms with E-state index in [1.165, 1.54) is 6.20 Å². The van der Waals surface area contributed by atoms with Gasteiger partial charge in [0.2, 0.25) is 0 Å². The fourth-order valence-electron chi connectivity index (χ4n) is 2.74. The topological polar surface area (TPSA) is 88.3 Å². The predicted octanol–water partition coefficient (Wildman–Crippen LogP) is 0.817. The highest BCUT2D eigenvalue weighted by molar-refractivity contribution is 7.89. The fourth-order valence-corrected chi connectivity index (χ4v) is 3.91. The molecular weight excluding hydrogens is 276 g/mol. The summed E-state index contributed by atoms with van der Waals surface area (Å²) >= 11 is 0. The fraction of sp³-hybridized carbons (Fsp3) is 0.615. The molecule has 0 aromatic carbocycles. The molecule has 6 nitrogen and oxygen atoms in total. The van der Waals surface area contributed by atoms with Gasteiger partial charge in [0, 0.05) is 18.3 Å². The average Bonchev–Trinajstić information content (AvgIpc) is 2.87. The summed E-state index contributed by atoms with van der Waals surface area (Å²) in [5.74, 6) is 0. The van der Waals surface area contributed by atoms with Crippen LogP contribution in [0.5, 0.6) is 0 Å². The number of hydrogen-bond donors (Lipinski definition) is 2. The van der Waals surface area contributed by atoms with Crippen LogP contribution in [0, 0.1) is 0 Å². The van der Waals surface area contributed by atoms with Crippen LogP contribution in [0.25, 0.3) is 0 Å². The van der Waals surface area contributed by atoms with Gasteiger partial charge in [-0.25, -0.2) is 18.1 Å². The number of likely N-dealkylation sites (N-methyl/N-ethyl adjacent to an activating group) is 1. The number of rotatable bonds is 5. The summed E-state index contributed by atoms with van der Waals surface area (Å²) in [6, 6.07) is 3.16. The summed E-state index contributed by atoms with van der Waals surface area (Å²) in [5, 5.41) is -0.0908. The lowest BCUT2D eigenvalue weighted by Gasteiger charge is -2.36. The lowest BCUT2D eigenvalue weighted by Crippen LogP contribution is -2.50. The van der Waals surface area contributed by atoms with Crippen molar-refractivity contribution in [1.82, 2.24) is 14.6 Å². The van der Waals surface area contributed by atoms with Crippen LogP contribution >= 0.6 is 0 Å². The third-order valence-corrected chi connectivity index (χ3v) is 5.50. The van der Waals surface area contributed by atoms with Crippen molar-refractivity contribution in [1.29, 1.82) is 0 Å². The largest absolute Gasteiger partial charge is 0.396 e. The molecule has 0 saturated heterocycles. The smallest absolute Gasteiger partial charge is 0.260 e. The Morgan fingerprint density at radius 2 is 2.05 bits per heavy atom. The molecule has 2 rings (SSSR count). The van der Waals surface area contributed by atoms with Crippen molar-refractivity contribution in [3.05, 3.63) is 18.3 Å². The number of nitrogen functional groups attached to an aromatic ring is 1. The van der Waals surface area contributed by atoms with Crippen molar-refractivity contribution in [2.24, 2.45) is 0 Å². The standard InChI is InChI=1S/C13H22N4O2S/c1-17(2)13(7-3-4-8-13)10-16-20(18,19)12-11(14)6-5-9-15-12/h5-6,9,16H,3-4,7-8,10,14H2,1-2H3. The van der Waals surface area contributed by atoms with E-state index in [0.717, 1.165) is 25.7 Å². The Morgan fingerprint density at radius 3 is 2.60 bits per heavy atom. The Labute approximate surface area is 120 Å². The first kappa shape index (κ1) is 15.2. The molecule has 0 radical (unpaired) electrons. The van der Waals surface area contributed by atoms with Gasteiger partial charge in [-0.1, -0.05) is 12.8 Å². The minimum absolute atomic E-state index is 0.0908. The van der Waals surface area contributed by atoms with E-state index < -0.39 is 10.0 Å². The van der Waals surface area contributed by atoms with E-state index in [1.54, 1.807) is 12.1 Å². The van der Waals surface area contributed by atoms with E-state index in [2.05, 4.69) is 14.6 Å². The molecule has 0 aliphatic heterocycles. The lowest BCUT2D eigenvalue weighted by atomic mass is 9.97. The number of pyridine rings is 1. The zero-order chi connectivity index (χ0) is 14.8. The summed E-state index contributed by atoms with van der Waals surface area (Å²) in [5.41, 5.74) is 5.76. The summed E-state index contributed by atoms with van der Waals surface area (Å²) in [7, 11) is 0.327. The number of nitrogens with two attached hydrogens (primary N) is 1. The molecule has 0 amide bonds. The van der Waals surface area contributed by atoms with Gasteiger partial charge in [-0.3, -0.25) is 0 Å². The minimum atomic E-state index is -3.66. The Hall–Kier alpha value is -1.18. The molecule has 0 bridgehead atoms. The van der Waals surface area contributed by atoms with Crippen molar-refractivity contribution in [3.8, 4) is 0 Å². The monoisotopic (exact) mass is 298 g/mol. The van der Waals surface area contributed by atoms with Gasteiger partial charge in [-0.15, -0.1) is 0 Å². The van der Waals surface area contributed by atoms with Gasteiger partial charge in [0.1, 0.15) is 0 Å². The highest BCUT2D eigenvalue weighted by Crippen LogP contribution is 2.33. The van der Waals surface area contributed by atoms with E-state index in [4.69, 9.17) is 5.73 Å². The second kappa shape index (κ2) is 5.67. The van der Waals surface area contributed by atoms with Crippen LogP contribution in [0.2, 0.25) is 0 Å². The quantitative estimate of drug-likeness (QED) is 0.840. The number of anilines is 1. The normalized spacial score (nSPS) is 18.6. The van der Waals surface area contributed by atoms with Crippen LogP contribution in [0.4, 0.5) is 5.69 Å². The number of nitrogens with zero attached hydrogens (tertiary/aromatic N) is 2. The molecule has 1 aromatic rings. The SMILES string of the molecule is CN(C)C1(CNS(=O)(=O)c2ncccc2N)CCCC1. The molecule has 1 aliphatic carbocycles. The molecule has 1 fully saturated rings. The number of sulfonamides is 1. The van der Waals surface area contributed by atoms with Gasteiger partial charge in [0.05, 0.1) is 5.69 Å². The summed E-state index contributed by atoms with van der Waals surface area (Å²) in [6.07, 6.45) is 5.69. The maximum atomic E-state index is 12.3. The molecule has 1 saturated carbocycles. The van der Waals surface area contributed by atoms with Gasteiger partial charge in [0.25, 0.3) is 10.0 Å². The number of aromatic nitrogens is 1. The zero-order valence-corrected chi connectivity index (χ0v) is 12.8. The first-order chi connectivity index (χ1) is 9.37. The average molecular weight is 298 g/mol. The van der Waals surface area contributed by atoms with Crippen molar-refractivity contribution < 1.29 is 8.42 Å². The van der Waals surface area contributed by atoms with Gasteiger partial charge in [-0.05, 0) is 39.1 Å². The van der Waals surface area contributed by atoms with Crippen LogP contribution < -0.4 is 10.5 Å². The first-order valence-corrected chi connectivity index (χ1v) is 8.23. The molecule has 0 spiro atoms. The molecule has 1 heterocycles. The molecule has 7 heteroatoms. The van der Waals surface area contributed by atoms with E-state index in [0.29, 0.717) is 6.54 Å². The second-order valence-electron chi connectivity index (χ2n) is 5.55. The molecular formula is C13H22N4O2S. The Kier molecular flexibility index (Phi) is 4.31. The van der Waals surface area contributed by atoms with Gasteiger partial charge < -0.3 is 10.6 Å². The highest BCUT2D eigenvalue weighted by Gasteiger charge is 2.37. The molecule has 1 aliphatic rings. The van der Waals surface area contributed by atoms with E-state index in [9.17, 15) is 8.42 Å². The van der Waals surface area contributed by atoms with Gasteiger partial charge in [0.15, 0.2) is 5.03 Å². The third-order valence-electron chi connectivity index (χ3n) is 4.13. The highest BCUT2D eigenvalue weighted by atomic mass is 32.2. The maximum Gasteiger partial charge on any atom is 0.260 e. The summed E-state index contributed by atoms with van der Waals surface area (Å²) in [6.45, 7) is 0.387. The van der Waals surface area contributed by atoms with Crippen molar-refractivity contribution in [3.63, 3.8) is 0 Å². The summed E-state index contributed by atoms with van der Waals surface area (Å²) < 4.78 is 27.3. The maximum absolute atomic E-state index is 12.3. The van der Waals surface area contributed by atoms with Crippen molar-refractivity contribution in [2.75, 3.05) is 26.4 Å². The number of hydrogen-bond acceptors (Lipinski definition) is 5. The summed E-state index contributed by atoms with van der Waals surface area (Å²) in [4.78, 5) is 5.99.